The van der Waals surface area contributed by atoms with Crippen molar-refractivity contribution in [3.63, 3.8) is 0 Å². The van der Waals surface area contributed by atoms with Crippen molar-refractivity contribution in [2.75, 3.05) is 6.61 Å². The number of aliphatic hydroxyl groups is 5. The van der Waals surface area contributed by atoms with Gasteiger partial charge in [-0.05, 0) is 13.8 Å². The summed E-state index contributed by atoms with van der Waals surface area (Å²) in [7, 11) is 0. The number of rotatable bonds is 0. The van der Waals surface area contributed by atoms with E-state index in [1.165, 1.54) is 13.8 Å². The molecule has 5 atom stereocenters. The number of fused-ring (bicyclic) bond motifs is 2. The lowest BCUT2D eigenvalue weighted by Gasteiger charge is -2.32. The molecule has 0 amide bonds. The van der Waals surface area contributed by atoms with E-state index in [9.17, 15) is 10.2 Å². The Balaban J connectivity index is 0.000000221. The van der Waals surface area contributed by atoms with Crippen molar-refractivity contribution in [1.82, 2.24) is 0 Å². The van der Waals surface area contributed by atoms with Gasteiger partial charge in [0, 0.05) is 0 Å². The van der Waals surface area contributed by atoms with E-state index in [0.29, 0.717) is 0 Å². The van der Waals surface area contributed by atoms with E-state index in [1.807, 2.05) is 0 Å². The maximum atomic E-state index is 9.22. The van der Waals surface area contributed by atoms with Gasteiger partial charge in [-0.25, -0.2) is 0 Å². The fourth-order valence-electron chi connectivity index (χ4n) is 1.38. The summed E-state index contributed by atoms with van der Waals surface area (Å²) in [6, 6.07) is 0. The summed E-state index contributed by atoms with van der Waals surface area (Å²) in [4.78, 5) is 0. The van der Waals surface area contributed by atoms with Crippen LogP contribution in [-0.2, 0) is 9.47 Å². The smallest absolute Gasteiger partial charge is 0.186 e. The topological polar surface area (TPSA) is 120 Å². The molecular weight excluding hydrogens is 220 g/mol. The molecule has 2 aliphatic rings. The van der Waals surface area contributed by atoms with Crippen LogP contribution in [0.25, 0.3) is 0 Å². The Hall–Kier alpha value is -0.280. The minimum absolute atomic E-state index is 0.236. The number of hydrogen-bond acceptors (Lipinski definition) is 7. The Kier molecular flexibility index (Phi) is 4.24. The molecule has 7 nitrogen and oxygen atoms in total. The molecule has 0 aromatic rings. The van der Waals surface area contributed by atoms with Gasteiger partial charge < -0.3 is 35.0 Å². The highest BCUT2D eigenvalue weighted by molar-refractivity contribution is 4.92. The fourth-order valence-corrected chi connectivity index (χ4v) is 1.38. The molecule has 2 heterocycles. The fraction of sp³-hybridized carbons (Fsp3) is 1.00. The van der Waals surface area contributed by atoms with Crippen LogP contribution in [0.5, 0.6) is 0 Å². The molecule has 0 aliphatic carbocycles. The molecule has 0 aromatic heterocycles. The second-order valence-corrected chi connectivity index (χ2v) is 4.34. The molecule has 96 valence electrons. The first kappa shape index (κ1) is 13.8. The zero-order valence-electron chi connectivity index (χ0n) is 9.15. The van der Waals surface area contributed by atoms with E-state index >= 15 is 0 Å². The van der Waals surface area contributed by atoms with Crippen LogP contribution in [0.4, 0.5) is 0 Å². The van der Waals surface area contributed by atoms with Gasteiger partial charge in [-0.2, -0.15) is 0 Å². The van der Waals surface area contributed by atoms with E-state index in [2.05, 4.69) is 0 Å². The minimum atomic E-state index is -1.50. The maximum Gasteiger partial charge on any atom is 0.186 e. The second kappa shape index (κ2) is 4.92. The number of hydrogen-bond donors (Lipinski definition) is 5. The predicted octanol–water partition coefficient (Wildman–Crippen LogP) is -2.47. The molecule has 0 radical (unpaired) electrons. The summed E-state index contributed by atoms with van der Waals surface area (Å²) in [5.41, 5.74) is 0. The second-order valence-electron chi connectivity index (χ2n) is 4.34. The first-order valence-corrected chi connectivity index (χ1v) is 4.96. The van der Waals surface area contributed by atoms with Crippen molar-refractivity contribution in [2.45, 2.75) is 50.3 Å². The zero-order valence-corrected chi connectivity index (χ0v) is 9.15. The Bertz CT molecular complexity index is 200. The Morgan fingerprint density at radius 1 is 1.00 bits per heavy atom. The summed E-state index contributed by atoms with van der Waals surface area (Å²) < 4.78 is 9.95. The summed E-state index contributed by atoms with van der Waals surface area (Å²) in [5.74, 6) is -1.50. The average Bonchev–Trinajstić information content (AvgIpc) is 2.56. The van der Waals surface area contributed by atoms with Crippen LogP contribution in [0.3, 0.4) is 0 Å². The largest absolute Gasteiger partial charge is 0.387 e. The van der Waals surface area contributed by atoms with Crippen LogP contribution in [-0.4, -0.2) is 68.6 Å². The van der Waals surface area contributed by atoms with E-state index in [-0.39, 0.29) is 6.61 Å². The van der Waals surface area contributed by atoms with Crippen molar-refractivity contribution in [3.05, 3.63) is 0 Å². The maximum absolute atomic E-state index is 9.22. The molecular formula is C9H18O7. The van der Waals surface area contributed by atoms with Gasteiger partial charge in [0.2, 0.25) is 0 Å². The Morgan fingerprint density at radius 2 is 1.50 bits per heavy atom. The van der Waals surface area contributed by atoms with E-state index < -0.39 is 36.5 Å². The van der Waals surface area contributed by atoms with Crippen molar-refractivity contribution < 1.29 is 35.0 Å². The van der Waals surface area contributed by atoms with Gasteiger partial charge in [0.25, 0.3) is 0 Å². The van der Waals surface area contributed by atoms with Gasteiger partial charge in [-0.3, -0.25) is 0 Å². The van der Waals surface area contributed by atoms with Crippen molar-refractivity contribution in [3.8, 4) is 0 Å². The average molecular weight is 238 g/mol. The van der Waals surface area contributed by atoms with Crippen molar-refractivity contribution >= 4 is 0 Å². The first-order chi connectivity index (χ1) is 7.20. The summed E-state index contributed by atoms with van der Waals surface area (Å²) in [6.45, 7) is 2.83. The molecule has 5 unspecified atom stereocenters. The molecule has 5 N–H and O–H groups in total. The van der Waals surface area contributed by atoms with Gasteiger partial charge in [0.1, 0.15) is 24.4 Å². The molecule has 2 saturated heterocycles. The van der Waals surface area contributed by atoms with Gasteiger partial charge in [0.15, 0.2) is 12.1 Å². The van der Waals surface area contributed by atoms with Crippen LogP contribution >= 0.6 is 0 Å². The Labute approximate surface area is 92.9 Å². The molecule has 7 heteroatoms. The molecule has 0 spiro atoms. The van der Waals surface area contributed by atoms with Crippen molar-refractivity contribution in [2.24, 2.45) is 0 Å². The third-order valence-electron chi connectivity index (χ3n) is 2.09. The van der Waals surface area contributed by atoms with Gasteiger partial charge >= 0.3 is 0 Å². The zero-order chi connectivity index (χ0) is 12.5. The van der Waals surface area contributed by atoms with Gasteiger partial charge in [0.05, 0.1) is 6.61 Å². The highest BCUT2D eigenvalue weighted by Crippen LogP contribution is 2.27. The quantitative estimate of drug-likeness (QED) is 0.297. The molecule has 2 fully saturated rings. The van der Waals surface area contributed by atoms with E-state index in [1.54, 1.807) is 0 Å². The summed E-state index contributed by atoms with van der Waals surface area (Å²) in [5, 5.41) is 43.7. The molecule has 0 saturated carbocycles. The van der Waals surface area contributed by atoms with Crippen LogP contribution in [0.15, 0.2) is 0 Å². The molecule has 2 bridgehead atoms. The Morgan fingerprint density at radius 3 is 2.00 bits per heavy atom. The monoisotopic (exact) mass is 238 g/mol. The lowest BCUT2D eigenvalue weighted by Crippen LogP contribution is -2.53. The number of ether oxygens (including phenoxy) is 2. The number of aliphatic hydroxyl groups excluding tert-OH is 3. The molecule has 16 heavy (non-hydrogen) atoms. The molecule has 0 aromatic carbocycles. The molecule has 2 rings (SSSR count). The predicted molar refractivity (Wildman–Crippen MR) is 51.2 cm³/mol. The lowest BCUT2D eigenvalue weighted by atomic mass is 10.0. The van der Waals surface area contributed by atoms with Gasteiger partial charge in [-0.15, -0.1) is 0 Å². The third-order valence-corrected chi connectivity index (χ3v) is 2.09. The molecule has 2 aliphatic heterocycles. The normalized spacial score (nSPS) is 42.6. The van der Waals surface area contributed by atoms with Crippen LogP contribution in [0.2, 0.25) is 0 Å². The van der Waals surface area contributed by atoms with Crippen molar-refractivity contribution in [1.29, 1.82) is 0 Å². The van der Waals surface area contributed by atoms with Crippen LogP contribution < -0.4 is 0 Å². The minimum Gasteiger partial charge on any atom is -0.387 e. The summed E-state index contributed by atoms with van der Waals surface area (Å²) >= 11 is 0. The highest BCUT2D eigenvalue weighted by atomic mass is 16.7. The first-order valence-electron chi connectivity index (χ1n) is 4.96. The summed E-state index contributed by atoms with van der Waals surface area (Å²) in [6.07, 6.45) is -4.58. The third kappa shape index (κ3) is 3.63. The van der Waals surface area contributed by atoms with Gasteiger partial charge in [-0.1, -0.05) is 0 Å². The van der Waals surface area contributed by atoms with Crippen LogP contribution in [0, 0.1) is 0 Å². The van der Waals surface area contributed by atoms with Crippen LogP contribution in [0.1, 0.15) is 13.8 Å². The lowest BCUT2D eigenvalue weighted by molar-refractivity contribution is -0.228. The highest BCUT2D eigenvalue weighted by Gasteiger charge is 2.48. The SMILES string of the molecule is CC(C)(O)O.OC1C2COC(O2)C(O)C1O. The van der Waals surface area contributed by atoms with E-state index in [4.69, 9.17) is 24.8 Å². The van der Waals surface area contributed by atoms with E-state index in [0.717, 1.165) is 0 Å². The standard InChI is InChI=1S/C6H10O5.C3H8O2/c7-3-2-1-10-6(11-2)5(9)4(3)8;1-3(2,4)5/h2-9H,1H2;4-5H,1-2H3.